The van der Waals surface area contributed by atoms with E-state index in [0.717, 1.165) is 4.90 Å². The molecule has 0 aromatic carbocycles. The Bertz CT molecular complexity index is 1890. The van der Waals surface area contributed by atoms with Crippen LogP contribution in [0.2, 0.25) is 0 Å². The van der Waals surface area contributed by atoms with Crippen molar-refractivity contribution in [3.05, 3.63) is 0 Å². The molecule has 0 aliphatic carbocycles. The highest BCUT2D eigenvalue weighted by Crippen LogP contribution is 2.21. The van der Waals surface area contributed by atoms with Gasteiger partial charge in [0.15, 0.2) is 5.96 Å². The van der Waals surface area contributed by atoms with Gasteiger partial charge in [-0.1, -0.05) is 75.7 Å². The van der Waals surface area contributed by atoms with Crippen LogP contribution in [-0.2, 0) is 47.9 Å². The number of aliphatic imine (C=N–C) groups is 1. The average molecular weight is 1020 g/mol. The highest BCUT2D eigenvalue weighted by atomic mass is 16.4. The fraction of sp³-hybridized carbons (Fsp3) is 0.771. The summed E-state index contributed by atoms with van der Waals surface area (Å²) in [7, 11) is 0. The molecule has 0 bridgehead atoms. The molecule has 410 valence electrons. The van der Waals surface area contributed by atoms with Gasteiger partial charge >= 0.3 is 11.9 Å². The lowest BCUT2D eigenvalue weighted by molar-refractivity contribution is -0.146. The molecule has 0 unspecified atom stereocenters. The van der Waals surface area contributed by atoms with E-state index < -0.39 is 120 Å². The average Bonchev–Trinajstić information content (AvgIpc) is 3.77. The molecular weight excluding hydrogens is 937 g/mol. The smallest absolute Gasteiger partial charge is 0.325 e. The molecule has 10 atom stereocenters. The summed E-state index contributed by atoms with van der Waals surface area (Å²) in [6, 6.07) is -11.1. The first-order chi connectivity index (χ1) is 33.5. The first kappa shape index (κ1) is 63.9. The third-order valence-corrected chi connectivity index (χ3v) is 12.1. The number of carboxylic acids is 2. The summed E-state index contributed by atoms with van der Waals surface area (Å²) < 4.78 is 0. The molecule has 0 aromatic heterocycles. The van der Waals surface area contributed by atoms with E-state index in [2.05, 4.69) is 42.2 Å². The van der Waals surface area contributed by atoms with Crippen LogP contribution >= 0.6 is 0 Å². The number of carboxylic acid groups (broad SMARTS) is 2. The Balaban J connectivity index is 3.50. The fourth-order valence-electron chi connectivity index (χ4n) is 7.98. The van der Waals surface area contributed by atoms with E-state index in [1.165, 1.54) is 6.92 Å². The molecule has 1 saturated heterocycles. The lowest BCUT2D eigenvalue weighted by atomic mass is 9.97. The Kier molecular flexibility index (Phi) is 27.9. The molecule has 0 saturated carbocycles. The second kappa shape index (κ2) is 31.4. The van der Waals surface area contributed by atoms with Gasteiger partial charge in [-0.25, -0.2) is 0 Å². The van der Waals surface area contributed by atoms with Crippen LogP contribution in [0.1, 0.15) is 140 Å². The van der Waals surface area contributed by atoms with Crippen molar-refractivity contribution in [2.24, 2.45) is 51.8 Å². The predicted molar refractivity (Wildman–Crippen MR) is 269 cm³/mol. The highest BCUT2D eigenvalue weighted by Gasteiger charge is 2.41. The normalized spacial score (nSPS) is 17.3. The molecular formula is C48H86N12O12. The molecule has 24 nitrogen and oxygen atoms in total. The summed E-state index contributed by atoms with van der Waals surface area (Å²) >= 11 is 0. The van der Waals surface area contributed by atoms with Crippen molar-refractivity contribution in [2.45, 2.75) is 195 Å². The van der Waals surface area contributed by atoms with Crippen LogP contribution in [0.25, 0.3) is 0 Å². The Hall–Kier alpha value is -6.07. The van der Waals surface area contributed by atoms with E-state index in [4.69, 9.17) is 17.2 Å². The molecule has 72 heavy (non-hydrogen) atoms. The van der Waals surface area contributed by atoms with Gasteiger partial charge in [0.2, 0.25) is 47.3 Å². The number of likely N-dealkylation sites (tertiary alicyclic amines) is 1. The van der Waals surface area contributed by atoms with Gasteiger partial charge in [-0.2, -0.15) is 0 Å². The third-order valence-electron chi connectivity index (χ3n) is 12.1. The van der Waals surface area contributed by atoms with E-state index in [1.54, 1.807) is 6.92 Å². The van der Waals surface area contributed by atoms with E-state index in [9.17, 15) is 58.2 Å². The van der Waals surface area contributed by atoms with Crippen molar-refractivity contribution in [3.63, 3.8) is 0 Å². The van der Waals surface area contributed by atoms with Crippen LogP contribution < -0.4 is 54.4 Å². The molecule has 24 heteroatoms. The van der Waals surface area contributed by atoms with E-state index in [-0.39, 0.29) is 93.6 Å². The third kappa shape index (κ3) is 23.0. The molecule has 1 fully saturated rings. The van der Waals surface area contributed by atoms with Gasteiger partial charge in [-0.05, 0) is 87.9 Å². The number of hydrogen-bond donors (Lipinski definition) is 12. The van der Waals surface area contributed by atoms with Gasteiger partial charge in [-0.3, -0.25) is 52.9 Å². The first-order valence-electron chi connectivity index (χ1n) is 25.2. The van der Waals surface area contributed by atoms with Gasteiger partial charge in [0, 0.05) is 13.1 Å². The molecule has 1 aliphatic rings. The van der Waals surface area contributed by atoms with Crippen LogP contribution in [0.4, 0.5) is 0 Å². The first-order valence-corrected chi connectivity index (χ1v) is 25.2. The zero-order valence-corrected chi connectivity index (χ0v) is 44.2. The number of amides is 8. The zero-order chi connectivity index (χ0) is 55.2. The number of guanidine groups is 1. The van der Waals surface area contributed by atoms with Gasteiger partial charge in [0.1, 0.15) is 48.3 Å². The van der Waals surface area contributed by atoms with Gasteiger partial charge < -0.3 is 69.5 Å². The van der Waals surface area contributed by atoms with Crippen molar-refractivity contribution >= 4 is 65.2 Å². The SMILES string of the molecule is CC[C@H](C)[C@H](N)C(=O)N[C@@H](CC(C)C)C(=O)N[C@@H](CC(=O)O)C(=O)N1CCC[C@H]1C(=O)N[C@@H](CCCN=C(N)N)C(=O)N[C@@H](CC(C)C)C(=O)N[C@@H](CC(C)C)C(=O)N[C@@H](CC(C)C)C(=O)N[C@@H](C)C(=O)O. The number of rotatable bonds is 32. The minimum atomic E-state index is -1.65. The second-order valence-electron chi connectivity index (χ2n) is 20.6. The Labute approximate surface area is 424 Å². The zero-order valence-electron chi connectivity index (χ0n) is 44.2. The minimum Gasteiger partial charge on any atom is -0.481 e. The fourth-order valence-corrected chi connectivity index (χ4v) is 7.98. The molecule has 1 heterocycles. The lowest BCUT2D eigenvalue weighted by Gasteiger charge is -2.31. The number of nitrogens with two attached hydrogens (primary N) is 3. The van der Waals surface area contributed by atoms with Crippen LogP contribution in [0.5, 0.6) is 0 Å². The molecule has 8 amide bonds. The maximum absolute atomic E-state index is 14.3. The lowest BCUT2D eigenvalue weighted by Crippen LogP contribution is -2.60. The summed E-state index contributed by atoms with van der Waals surface area (Å²) in [5, 5.41) is 37.5. The summed E-state index contributed by atoms with van der Waals surface area (Å²) in [4.78, 5) is 139. The van der Waals surface area contributed by atoms with E-state index >= 15 is 0 Å². The molecule has 1 aliphatic heterocycles. The van der Waals surface area contributed by atoms with E-state index in [0.29, 0.717) is 12.8 Å². The number of nitrogens with zero attached hydrogens (tertiary/aromatic N) is 2. The van der Waals surface area contributed by atoms with Crippen molar-refractivity contribution in [1.29, 1.82) is 0 Å². The molecule has 0 spiro atoms. The minimum absolute atomic E-state index is 0.00623. The Morgan fingerprint density at radius 2 is 0.986 bits per heavy atom. The van der Waals surface area contributed by atoms with Crippen molar-refractivity contribution in [1.82, 2.24) is 42.1 Å². The van der Waals surface area contributed by atoms with Gasteiger partial charge in [-0.15, -0.1) is 0 Å². The van der Waals surface area contributed by atoms with Crippen LogP contribution in [0.3, 0.4) is 0 Å². The predicted octanol–water partition coefficient (Wildman–Crippen LogP) is -0.438. The number of carbonyl (C=O) groups excluding carboxylic acids is 8. The Morgan fingerprint density at radius 3 is 1.38 bits per heavy atom. The highest BCUT2D eigenvalue weighted by molar-refractivity contribution is 5.99. The summed E-state index contributed by atoms with van der Waals surface area (Å²) in [6.07, 6.45) is 0.804. The number of hydrogen-bond acceptors (Lipinski definition) is 12. The summed E-state index contributed by atoms with van der Waals surface area (Å²) in [5.74, 6) is -9.62. The molecule has 1 rings (SSSR count). The number of nitrogens with one attached hydrogen (secondary N) is 7. The Morgan fingerprint density at radius 1 is 0.583 bits per heavy atom. The van der Waals surface area contributed by atoms with Crippen molar-refractivity contribution < 1.29 is 58.2 Å². The quantitative estimate of drug-likeness (QED) is 0.0231. The number of carbonyl (C=O) groups is 10. The largest absolute Gasteiger partial charge is 0.481 e. The number of aliphatic carboxylic acids is 2. The summed E-state index contributed by atoms with van der Waals surface area (Å²) in [6.45, 7) is 19.5. The van der Waals surface area contributed by atoms with Crippen LogP contribution in [0, 0.1) is 29.6 Å². The molecule has 0 aromatic rings. The molecule has 0 radical (unpaired) electrons. The topological polar surface area (TPSA) is 389 Å². The second-order valence-corrected chi connectivity index (χ2v) is 20.6. The maximum Gasteiger partial charge on any atom is 0.325 e. The van der Waals surface area contributed by atoms with E-state index in [1.807, 2.05) is 62.3 Å². The molecule has 15 N–H and O–H groups in total. The maximum atomic E-state index is 14.3. The van der Waals surface area contributed by atoms with Crippen molar-refractivity contribution in [3.8, 4) is 0 Å². The standard InChI is InChI=1S/C48H86N12O12/c1-12-28(10)38(49)45(69)58-34(22-27(8)9)43(67)59-35(23-37(61)62)46(70)60-18-14-16-36(60)44(68)54-30(15-13-17-52-48(50)51)39(63)55-32(20-25(4)5)41(65)57-33(21-26(6)7)42(66)56-31(19-24(2)3)40(64)53-29(11)47(71)72/h24-36,38H,12-23,49H2,1-11H3,(H,53,64)(H,54,68)(H,55,63)(H,56,66)(H,57,65)(H,58,69)(H,59,67)(H,61,62)(H,71,72)(H4,50,51,52)/t28-,29-,30-,31-,32-,33-,34-,35-,36-,38-/m0/s1. The van der Waals surface area contributed by atoms with Gasteiger partial charge in [0.05, 0.1) is 12.5 Å². The van der Waals surface area contributed by atoms with Gasteiger partial charge in [0.25, 0.3) is 0 Å². The monoisotopic (exact) mass is 1020 g/mol. The van der Waals surface area contributed by atoms with Crippen LogP contribution in [-0.4, -0.2) is 148 Å². The van der Waals surface area contributed by atoms with Crippen molar-refractivity contribution in [2.75, 3.05) is 13.1 Å². The summed E-state index contributed by atoms with van der Waals surface area (Å²) in [5.41, 5.74) is 17.2. The van der Waals surface area contributed by atoms with Crippen LogP contribution in [0.15, 0.2) is 4.99 Å².